The highest BCUT2D eigenvalue weighted by atomic mass is 35.5. The van der Waals surface area contributed by atoms with E-state index in [4.69, 9.17) is 11.6 Å². The number of rotatable bonds is 5. The van der Waals surface area contributed by atoms with Crippen LogP contribution in [-0.2, 0) is 6.54 Å². The second-order valence-electron chi connectivity index (χ2n) is 4.51. The smallest absolute Gasteiger partial charge is 0.275 e. The molecule has 0 saturated heterocycles. The highest BCUT2D eigenvalue weighted by Gasteiger charge is 2.17. The number of hydrogen-bond acceptors (Lipinski definition) is 3. The van der Waals surface area contributed by atoms with E-state index >= 15 is 0 Å². The molecule has 0 spiro atoms. The van der Waals surface area contributed by atoms with Gasteiger partial charge in [0.1, 0.15) is 0 Å². The molecule has 0 aliphatic heterocycles. The molecule has 0 aliphatic carbocycles. The van der Waals surface area contributed by atoms with Crippen molar-refractivity contribution in [1.29, 1.82) is 0 Å². The van der Waals surface area contributed by atoms with Crippen molar-refractivity contribution in [2.75, 3.05) is 0 Å². The molecular weight excluding hydrogens is 276 g/mol. The molecular formula is C15H15ClN2O2. The second kappa shape index (κ2) is 6.50. The zero-order valence-corrected chi connectivity index (χ0v) is 11.8. The molecule has 4 nitrogen and oxygen atoms in total. The van der Waals surface area contributed by atoms with Gasteiger partial charge in [0.2, 0.25) is 0 Å². The summed E-state index contributed by atoms with van der Waals surface area (Å²) in [6.07, 6.45) is 0. The molecule has 0 aliphatic rings. The Kier molecular flexibility index (Phi) is 4.71. The molecule has 104 valence electrons. The summed E-state index contributed by atoms with van der Waals surface area (Å²) in [5, 5.41) is 14.7. The highest BCUT2D eigenvalue weighted by Crippen LogP contribution is 2.26. The normalized spacial score (nSPS) is 12.1. The molecule has 5 heteroatoms. The van der Waals surface area contributed by atoms with Gasteiger partial charge in [-0.25, -0.2) is 0 Å². The summed E-state index contributed by atoms with van der Waals surface area (Å²) in [5.41, 5.74) is 1.69. The van der Waals surface area contributed by atoms with Gasteiger partial charge in [0.05, 0.1) is 15.5 Å². The lowest BCUT2D eigenvalue weighted by Gasteiger charge is -2.15. The van der Waals surface area contributed by atoms with Gasteiger partial charge < -0.3 is 5.32 Å². The zero-order valence-electron chi connectivity index (χ0n) is 11.0. The number of halogens is 1. The fourth-order valence-electron chi connectivity index (χ4n) is 2.01. The van der Waals surface area contributed by atoms with Crippen LogP contribution in [0.4, 0.5) is 5.69 Å². The monoisotopic (exact) mass is 290 g/mol. The Hall–Kier alpha value is -1.91. The third-order valence-corrected chi connectivity index (χ3v) is 3.53. The Labute approximate surface area is 122 Å². The van der Waals surface area contributed by atoms with Crippen molar-refractivity contribution >= 4 is 17.3 Å². The SMILES string of the molecule is C[C@@H](NCc1c(Cl)cccc1[N+](=O)[O-])c1ccccc1. The van der Waals surface area contributed by atoms with Gasteiger partial charge in [0.15, 0.2) is 0 Å². The first-order valence-corrected chi connectivity index (χ1v) is 6.67. The lowest BCUT2D eigenvalue weighted by atomic mass is 10.1. The topological polar surface area (TPSA) is 55.2 Å². The lowest BCUT2D eigenvalue weighted by Crippen LogP contribution is -2.19. The van der Waals surface area contributed by atoms with Gasteiger partial charge in [-0.2, -0.15) is 0 Å². The lowest BCUT2D eigenvalue weighted by molar-refractivity contribution is -0.385. The zero-order chi connectivity index (χ0) is 14.5. The average molecular weight is 291 g/mol. The van der Waals surface area contributed by atoms with Gasteiger partial charge in [0, 0.05) is 18.7 Å². The molecule has 2 rings (SSSR count). The third-order valence-electron chi connectivity index (χ3n) is 3.18. The van der Waals surface area contributed by atoms with E-state index in [9.17, 15) is 10.1 Å². The van der Waals surface area contributed by atoms with Crippen LogP contribution in [0.2, 0.25) is 5.02 Å². The third kappa shape index (κ3) is 3.35. The van der Waals surface area contributed by atoms with Crippen LogP contribution in [0.5, 0.6) is 0 Å². The quantitative estimate of drug-likeness (QED) is 0.666. The Morgan fingerprint density at radius 3 is 2.55 bits per heavy atom. The maximum absolute atomic E-state index is 11.0. The van der Waals surface area contributed by atoms with E-state index in [0.717, 1.165) is 5.56 Å². The molecule has 0 unspecified atom stereocenters. The van der Waals surface area contributed by atoms with Crippen LogP contribution in [0.3, 0.4) is 0 Å². The highest BCUT2D eigenvalue weighted by molar-refractivity contribution is 6.31. The van der Waals surface area contributed by atoms with Crippen LogP contribution < -0.4 is 5.32 Å². The summed E-state index contributed by atoms with van der Waals surface area (Å²) in [5.74, 6) is 0. The van der Waals surface area contributed by atoms with E-state index in [-0.39, 0.29) is 11.7 Å². The van der Waals surface area contributed by atoms with Crippen LogP contribution >= 0.6 is 11.6 Å². The summed E-state index contributed by atoms with van der Waals surface area (Å²) in [7, 11) is 0. The standard InChI is InChI=1S/C15H15ClN2O2/c1-11(12-6-3-2-4-7-12)17-10-13-14(16)8-5-9-15(13)18(19)20/h2-9,11,17H,10H2,1H3/t11-/m1/s1. The van der Waals surface area contributed by atoms with Crippen molar-refractivity contribution in [3.63, 3.8) is 0 Å². The van der Waals surface area contributed by atoms with Crippen molar-refractivity contribution in [2.45, 2.75) is 19.5 Å². The van der Waals surface area contributed by atoms with E-state index in [1.54, 1.807) is 12.1 Å². The molecule has 1 atom stereocenters. The fraction of sp³-hybridized carbons (Fsp3) is 0.200. The van der Waals surface area contributed by atoms with Gasteiger partial charge in [-0.1, -0.05) is 48.0 Å². The van der Waals surface area contributed by atoms with Crippen LogP contribution in [0, 0.1) is 10.1 Å². The molecule has 1 N–H and O–H groups in total. The van der Waals surface area contributed by atoms with E-state index in [0.29, 0.717) is 17.1 Å². The minimum absolute atomic E-state index is 0.0465. The van der Waals surface area contributed by atoms with Crippen LogP contribution in [0.15, 0.2) is 48.5 Å². The summed E-state index contributed by atoms with van der Waals surface area (Å²) >= 11 is 6.06. The molecule has 0 aromatic heterocycles. The number of benzene rings is 2. The van der Waals surface area contributed by atoms with Gasteiger partial charge >= 0.3 is 0 Å². The first-order valence-electron chi connectivity index (χ1n) is 6.29. The van der Waals surface area contributed by atoms with Crippen molar-refractivity contribution in [1.82, 2.24) is 5.32 Å². The second-order valence-corrected chi connectivity index (χ2v) is 4.92. The van der Waals surface area contributed by atoms with Crippen molar-refractivity contribution < 1.29 is 4.92 Å². The number of nitro benzene ring substituents is 1. The summed E-state index contributed by atoms with van der Waals surface area (Å²) in [6.45, 7) is 2.37. The van der Waals surface area contributed by atoms with E-state index in [1.165, 1.54) is 6.07 Å². The van der Waals surface area contributed by atoms with Crippen molar-refractivity contribution in [3.8, 4) is 0 Å². The fourth-order valence-corrected chi connectivity index (χ4v) is 2.24. The molecule has 0 heterocycles. The Morgan fingerprint density at radius 2 is 1.90 bits per heavy atom. The molecule has 20 heavy (non-hydrogen) atoms. The largest absolute Gasteiger partial charge is 0.306 e. The first kappa shape index (κ1) is 14.5. The van der Waals surface area contributed by atoms with Gasteiger partial charge in [-0.15, -0.1) is 0 Å². The average Bonchev–Trinajstić information content (AvgIpc) is 2.46. The van der Waals surface area contributed by atoms with E-state index < -0.39 is 4.92 Å². The minimum atomic E-state index is -0.407. The Morgan fingerprint density at radius 1 is 1.20 bits per heavy atom. The van der Waals surface area contributed by atoms with Crippen LogP contribution in [-0.4, -0.2) is 4.92 Å². The number of nitrogens with zero attached hydrogens (tertiary/aromatic N) is 1. The summed E-state index contributed by atoms with van der Waals surface area (Å²) in [4.78, 5) is 10.6. The molecule has 0 fully saturated rings. The van der Waals surface area contributed by atoms with Crippen molar-refractivity contribution in [2.24, 2.45) is 0 Å². The maximum Gasteiger partial charge on any atom is 0.275 e. The minimum Gasteiger partial charge on any atom is -0.306 e. The molecule has 0 radical (unpaired) electrons. The molecule has 2 aromatic carbocycles. The number of nitro groups is 1. The molecule has 0 bridgehead atoms. The number of hydrogen-bond donors (Lipinski definition) is 1. The predicted molar refractivity (Wildman–Crippen MR) is 79.8 cm³/mol. The number of nitrogens with one attached hydrogen (secondary N) is 1. The first-order chi connectivity index (χ1) is 9.59. The summed E-state index contributed by atoms with van der Waals surface area (Å²) in [6, 6.07) is 14.7. The predicted octanol–water partition coefficient (Wildman–Crippen LogP) is 4.10. The van der Waals surface area contributed by atoms with Crippen LogP contribution in [0.25, 0.3) is 0 Å². The van der Waals surface area contributed by atoms with E-state index in [1.807, 2.05) is 37.3 Å². The molecule has 2 aromatic rings. The maximum atomic E-state index is 11.0. The van der Waals surface area contributed by atoms with Crippen LogP contribution in [0.1, 0.15) is 24.1 Å². The van der Waals surface area contributed by atoms with Crippen molar-refractivity contribution in [3.05, 3.63) is 74.8 Å². The van der Waals surface area contributed by atoms with Gasteiger partial charge in [-0.3, -0.25) is 10.1 Å². The molecule has 0 saturated carbocycles. The Balaban J connectivity index is 2.13. The summed E-state index contributed by atoms with van der Waals surface area (Å²) < 4.78 is 0. The Bertz CT molecular complexity index is 602. The van der Waals surface area contributed by atoms with E-state index in [2.05, 4.69) is 5.32 Å². The van der Waals surface area contributed by atoms with Gasteiger partial charge in [0.25, 0.3) is 5.69 Å². The van der Waals surface area contributed by atoms with Gasteiger partial charge in [-0.05, 0) is 18.6 Å². The molecule has 0 amide bonds.